The van der Waals surface area contributed by atoms with E-state index in [0.29, 0.717) is 19.6 Å². The van der Waals surface area contributed by atoms with E-state index in [4.69, 9.17) is 0 Å². The Hall–Kier alpha value is -2.58. The number of thioether (sulfide) groups is 1. The second-order valence-corrected chi connectivity index (χ2v) is 13.3. The molecule has 3 heterocycles. The molecular formula is C32H45N3O4S. The first-order valence-corrected chi connectivity index (χ1v) is 15.5. The molecule has 3 aliphatic heterocycles. The highest BCUT2D eigenvalue weighted by atomic mass is 32.2. The molecule has 1 spiro atoms. The van der Waals surface area contributed by atoms with Crippen molar-refractivity contribution < 1.29 is 19.5 Å². The van der Waals surface area contributed by atoms with Gasteiger partial charge in [0.25, 0.3) is 5.91 Å². The van der Waals surface area contributed by atoms with Crippen molar-refractivity contribution in [2.45, 2.75) is 68.9 Å². The number of aliphatic hydroxyl groups excluding tert-OH is 1. The lowest BCUT2D eigenvalue weighted by molar-refractivity contribution is -0.143. The number of carbonyl (C=O) groups is 3. The number of nitrogens with zero attached hydrogens (tertiary/aromatic N) is 3. The molecule has 0 aliphatic carbocycles. The molecule has 1 N–H and O–H groups in total. The number of aliphatic hydroxyl groups is 1. The average molecular weight is 568 g/mol. The van der Waals surface area contributed by atoms with E-state index < -0.39 is 22.6 Å². The molecule has 218 valence electrons. The van der Waals surface area contributed by atoms with Crippen LogP contribution in [0.25, 0.3) is 0 Å². The molecule has 1 aromatic rings. The van der Waals surface area contributed by atoms with Crippen molar-refractivity contribution >= 4 is 35.2 Å². The van der Waals surface area contributed by atoms with Crippen LogP contribution in [0.1, 0.15) is 50.2 Å². The third-order valence-corrected chi connectivity index (χ3v) is 11.2. The third-order valence-electron chi connectivity index (χ3n) is 9.14. The zero-order valence-electron chi connectivity index (χ0n) is 24.5. The number of likely N-dealkylation sites (tertiary alicyclic amines) is 1. The van der Waals surface area contributed by atoms with Crippen LogP contribution in [0.3, 0.4) is 0 Å². The van der Waals surface area contributed by atoms with Crippen molar-refractivity contribution in [3.8, 4) is 0 Å². The Morgan fingerprint density at radius 2 is 1.75 bits per heavy atom. The highest BCUT2D eigenvalue weighted by molar-refractivity contribution is 8.02. The van der Waals surface area contributed by atoms with Crippen molar-refractivity contribution in [1.82, 2.24) is 9.80 Å². The lowest BCUT2D eigenvalue weighted by Crippen LogP contribution is -2.57. The van der Waals surface area contributed by atoms with E-state index in [-0.39, 0.29) is 35.5 Å². The number of likely N-dealkylation sites (N-methyl/N-ethyl adjacent to an activating group) is 1. The van der Waals surface area contributed by atoms with Gasteiger partial charge >= 0.3 is 0 Å². The fourth-order valence-electron chi connectivity index (χ4n) is 7.41. The number of hydrogen-bond donors (Lipinski definition) is 1. The third kappa shape index (κ3) is 5.02. The van der Waals surface area contributed by atoms with E-state index in [0.717, 1.165) is 48.9 Å². The zero-order chi connectivity index (χ0) is 29.2. The van der Waals surface area contributed by atoms with E-state index in [1.807, 2.05) is 41.8 Å². The summed E-state index contributed by atoms with van der Waals surface area (Å²) in [7, 11) is 1.77. The van der Waals surface area contributed by atoms with Gasteiger partial charge in [0.2, 0.25) is 11.8 Å². The summed E-state index contributed by atoms with van der Waals surface area (Å²) < 4.78 is -0.657. The monoisotopic (exact) mass is 567 g/mol. The van der Waals surface area contributed by atoms with Crippen LogP contribution in [-0.2, 0) is 14.4 Å². The predicted octanol–water partition coefficient (Wildman–Crippen LogP) is 4.36. The first-order valence-electron chi connectivity index (χ1n) is 14.6. The van der Waals surface area contributed by atoms with E-state index in [1.54, 1.807) is 35.9 Å². The van der Waals surface area contributed by atoms with Crippen molar-refractivity contribution in [1.29, 1.82) is 0 Å². The van der Waals surface area contributed by atoms with E-state index in [2.05, 4.69) is 20.1 Å². The molecule has 4 rings (SSSR count). The van der Waals surface area contributed by atoms with Gasteiger partial charge in [-0.15, -0.1) is 24.9 Å². The minimum absolute atomic E-state index is 0.0128. The molecule has 3 fully saturated rings. The number of unbranched alkanes of at least 4 members (excludes halogenated alkanes) is 3. The summed E-state index contributed by atoms with van der Waals surface area (Å²) >= 11 is 1.72. The quantitative estimate of drug-likeness (QED) is 0.283. The van der Waals surface area contributed by atoms with Gasteiger partial charge in [-0.05, 0) is 50.2 Å². The van der Waals surface area contributed by atoms with Crippen LogP contribution in [0, 0.1) is 31.6 Å². The maximum absolute atomic E-state index is 14.8. The van der Waals surface area contributed by atoms with Gasteiger partial charge in [-0.2, -0.15) is 0 Å². The van der Waals surface area contributed by atoms with Crippen LogP contribution in [0.5, 0.6) is 0 Å². The van der Waals surface area contributed by atoms with Crippen molar-refractivity contribution in [2.75, 3.05) is 38.2 Å². The number of fused-ring (bicyclic) bond motifs is 1. The summed E-state index contributed by atoms with van der Waals surface area (Å²) in [4.78, 5) is 48.3. The molecule has 0 aromatic heterocycles. The molecule has 8 heteroatoms. The van der Waals surface area contributed by atoms with Gasteiger partial charge in [0.05, 0.1) is 16.6 Å². The first-order chi connectivity index (χ1) is 19.1. The minimum atomic E-state index is -0.658. The topological polar surface area (TPSA) is 81.2 Å². The number of carbonyl (C=O) groups excluding carboxylic acids is 3. The molecule has 1 aromatic carbocycles. The van der Waals surface area contributed by atoms with Gasteiger partial charge in [0.1, 0.15) is 6.04 Å². The summed E-state index contributed by atoms with van der Waals surface area (Å²) in [5, 5.41) is 9.22. The molecule has 40 heavy (non-hydrogen) atoms. The van der Waals surface area contributed by atoms with Crippen LogP contribution in [0.2, 0.25) is 0 Å². The smallest absolute Gasteiger partial charge is 0.251 e. The van der Waals surface area contributed by atoms with Crippen molar-refractivity contribution in [2.24, 2.45) is 17.8 Å². The number of amides is 3. The molecule has 7 nitrogen and oxygen atoms in total. The molecule has 3 aliphatic rings. The van der Waals surface area contributed by atoms with Crippen LogP contribution in [0.4, 0.5) is 5.69 Å². The summed E-state index contributed by atoms with van der Waals surface area (Å²) in [5.41, 5.74) is 2.87. The first kappa shape index (κ1) is 30.4. The molecule has 0 radical (unpaired) electrons. The van der Waals surface area contributed by atoms with Crippen molar-refractivity contribution in [3.05, 3.63) is 54.6 Å². The van der Waals surface area contributed by atoms with Gasteiger partial charge in [-0.3, -0.25) is 14.4 Å². The normalized spacial score (nSPS) is 28.5. The number of benzene rings is 1. The lowest BCUT2D eigenvalue weighted by Gasteiger charge is -2.41. The second-order valence-electron chi connectivity index (χ2n) is 11.7. The summed E-state index contributed by atoms with van der Waals surface area (Å²) in [5.74, 6) is -1.04. The predicted molar refractivity (Wildman–Crippen MR) is 162 cm³/mol. The van der Waals surface area contributed by atoms with Crippen LogP contribution < -0.4 is 4.90 Å². The Morgan fingerprint density at radius 1 is 1.10 bits per heavy atom. The molecule has 3 unspecified atom stereocenters. The standard InChI is InChI=1S/C32H45N3O4S/c1-7-16-33(6)29(37)25-24-20-23(5)32(40-24)26(25)30(38)35(18-11-9-10-12-19-36)28(32)31(39)34(17-8-2)27-21(3)14-13-15-22(27)4/h7-8,13-15,23-26,28,36H,1-2,9-12,16-20H2,3-6H3/t23?,24-,25+,26+,28?,32?/m1/s1. The van der Waals surface area contributed by atoms with E-state index >= 15 is 0 Å². The lowest BCUT2D eigenvalue weighted by atomic mass is 9.65. The van der Waals surface area contributed by atoms with Gasteiger partial charge in [0, 0.05) is 44.2 Å². The Bertz CT molecular complexity index is 1130. The summed E-state index contributed by atoms with van der Waals surface area (Å²) in [6, 6.07) is 5.35. The van der Waals surface area contributed by atoms with E-state index in [1.165, 1.54) is 0 Å². The van der Waals surface area contributed by atoms with E-state index in [9.17, 15) is 19.5 Å². The molecular weight excluding hydrogens is 522 g/mol. The highest BCUT2D eigenvalue weighted by Crippen LogP contribution is 2.69. The molecule has 6 atom stereocenters. The largest absolute Gasteiger partial charge is 0.396 e. The summed E-state index contributed by atoms with van der Waals surface area (Å²) in [6.45, 7) is 15.3. The maximum Gasteiger partial charge on any atom is 0.251 e. The fourth-order valence-corrected chi connectivity index (χ4v) is 9.82. The number of aryl methyl sites for hydroxylation is 2. The minimum Gasteiger partial charge on any atom is -0.396 e. The number of para-hydroxylation sites is 1. The van der Waals surface area contributed by atoms with Crippen LogP contribution in [0.15, 0.2) is 43.5 Å². The van der Waals surface area contributed by atoms with Gasteiger partial charge in [0.15, 0.2) is 0 Å². The Morgan fingerprint density at radius 3 is 2.38 bits per heavy atom. The zero-order valence-corrected chi connectivity index (χ0v) is 25.3. The van der Waals surface area contributed by atoms with Gasteiger partial charge in [-0.1, -0.05) is 50.1 Å². The Balaban J connectivity index is 1.78. The van der Waals surface area contributed by atoms with Gasteiger partial charge in [-0.25, -0.2) is 0 Å². The fraction of sp³-hybridized carbons (Fsp3) is 0.594. The average Bonchev–Trinajstić information content (AvgIpc) is 3.51. The van der Waals surface area contributed by atoms with Gasteiger partial charge < -0.3 is 19.8 Å². The highest BCUT2D eigenvalue weighted by Gasteiger charge is 2.76. The molecule has 3 amide bonds. The Labute approximate surface area is 243 Å². The van der Waals surface area contributed by atoms with Crippen LogP contribution in [-0.4, -0.2) is 82.0 Å². The SMILES string of the molecule is C=CCN(C)C(=O)[C@@H]1[C@H]2C(=O)N(CCCCCCO)C(C(=O)N(CC=C)c3c(C)cccc3C)C23S[C@@H]1CC3C. The van der Waals surface area contributed by atoms with Crippen LogP contribution >= 0.6 is 11.8 Å². The van der Waals surface area contributed by atoms with Crippen molar-refractivity contribution in [3.63, 3.8) is 0 Å². The molecule has 2 bridgehead atoms. The number of rotatable bonds is 13. The summed E-state index contributed by atoms with van der Waals surface area (Å²) in [6.07, 6.45) is 7.48. The number of anilines is 1. The maximum atomic E-state index is 14.8. The number of hydrogen-bond acceptors (Lipinski definition) is 5. The second kappa shape index (κ2) is 12.5. The Kier molecular flexibility index (Phi) is 9.51. The molecule has 3 saturated heterocycles. The molecule has 0 saturated carbocycles.